The Labute approximate surface area is 171 Å². The fourth-order valence-corrected chi connectivity index (χ4v) is 3.85. The van der Waals surface area contributed by atoms with E-state index in [0.717, 1.165) is 37.4 Å². The molecule has 1 saturated heterocycles. The Morgan fingerprint density at radius 3 is 2.83 bits per heavy atom. The van der Waals surface area contributed by atoms with Crippen molar-refractivity contribution in [2.75, 3.05) is 17.7 Å². The summed E-state index contributed by atoms with van der Waals surface area (Å²) in [7, 11) is 0. The predicted octanol–water partition coefficient (Wildman–Crippen LogP) is 4.33. The number of carbonyl (C=O) groups is 1. The fraction of sp³-hybridized carbons (Fsp3) is 0.526. The van der Waals surface area contributed by atoms with Crippen LogP contribution in [-0.4, -0.2) is 39.1 Å². The topological polar surface area (TPSA) is 69.0 Å². The Kier molecular flexibility index (Phi) is 6.84. The number of hydrogen-bond acceptors (Lipinski definition) is 5. The molecule has 2 heterocycles. The highest BCUT2D eigenvalue weighted by atomic mass is 32.2. The first-order chi connectivity index (χ1) is 13.7. The number of aromatic nitrogens is 3. The number of ether oxygens (including phenoxy) is 1. The molecule has 1 fully saturated rings. The highest BCUT2D eigenvalue weighted by Crippen LogP contribution is 2.31. The summed E-state index contributed by atoms with van der Waals surface area (Å²) in [6.45, 7) is 5.40. The van der Waals surface area contributed by atoms with Gasteiger partial charge in [0.2, 0.25) is 5.91 Å². The van der Waals surface area contributed by atoms with E-state index in [1.165, 1.54) is 23.9 Å². The normalized spacial score (nSPS) is 17.1. The van der Waals surface area contributed by atoms with E-state index in [4.69, 9.17) is 4.74 Å². The summed E-state index contributed by atoms with van der Waals surface area (Å²) in [5.41, 5.74) is -0.699. The molecule has 1 atom stereocenters. The number of thioether (sulfide) groups is 1. The molecule has 0 radical (unpaired) electrons. The Morgan fingerprint density at radius 1 is 1.38 bits per heavy atom. The molecule has 1 N–H and O–H groups in total. The van der Waals surface area contributed by atoms with Crippen LogP contribution < -0.4 is 5.32 Å². The van der Waals surface area contributed by atoms with Gasteiger partial charge in [-0.25, -0.2) is 0 Å². The van der Waals surface area contributed by atoms with Gasteiger partial charge in [0.1, 0.15) is 5.82 Å². The maximum absolute atomic E-state index is 12.8. The third kappa shape index (κ3) is 5.72. The fourth-order valence-electron chi connectivity index (χ4n) is 3.10. The van der Waals surface area contributed by atoms with Gasteiger partial charge in [-0.1, -0.05) is 31.7 Å². The zero-order valence-corrected chi connectivity index (χ0v) is 17.0. The van der Waals surface area contributed by atoms with Crippen LogP contribution in [0.2, 0.25) is 0 Å². The summed E-state index contributed by atoms with van der Waals surface area (Å²) in [4.78, 5) is 12.2. The number of benzene rings is 1. The van der Waals surface area contributed by atoms with E-state index >= 15 is 0 Å². The molecule has 6 nitrogen and oxygen atoms in total. The number of rotatable bonds is 7. The average molecular weight is 428 g/mol. The van der Waals surface area contributed by atoms with Crippen molar-refractivity contribution in [2.24, 2.45) is 0 Å². The van der Waals surface area contributed by atoms with Crippen LogP contribution in [0.4, 0.5) is 18.9 Å². The van der Waals surface area contributed by atoms with Gasteiger partial charge in [0.25, 0.3) is 0 Å². The zero-order valence-electron chi connectivity index (χ0n) is 16.2. The van der Waals surface area contributed by atoms with Gasteiger partial charge in [-0.05, 0) is 31.0 Å². The lowest BCUT2D eigenvalue weighted by Gasteiger charge is -2.16. The van der Waals surface area contributed by atoms with Gasteiger partial charge in [0, 0.05) is 18.2 Å². The van der Waals surface area contributed by atoms with Crippen LogP contribution in [0.1, 0.15) is 44.0 Å². The number of hydrogen-bond donors (Lipinski definition) is 1. The maximum Gasteiger partial charge on any atom is 0.416 e. The standard InChI is InChI=1S/C19H23F3N4O2S/c1-12(2)17-24-25-18(26(17)10-15-7-4-8-28-15)29-11-16(27)23-14-6-3-5-13(9-14)19(20,21)22/h3,5-6,9,12,15H,4,7-8,10-11H2,1-2H3,(H,23,27). The molecule has 0 aliphatic carbocycles. The molecular formula is C19H23F3N4O2S. The Morgan fingerprint density at radius 2 is 2.17 bits per heavy atom. The minimum absolute atomic E-state index is 0.0119. The summed E-state index contributed by atoms with van der Waals surface area (Å²) in [5.74, 6) is 0.586. The number of halogens is 3. The van der Waals surface area contributed by atoms with Crippen molar-refractivity contribution in [3.63, 3.8) is 0 Å². The summed E-state index contributed by atoms with van der Waals surface area (Å²) in [5, 5.41) is 11.5. The van der Waals surface area contributed by atoms with E-state index < -0.39 is 17.6 Å². The molecule has 1 aliphatic rings. The average Bonchev–Trinajstić information content (AvgIpc) is 3.30. The summed E-state index contributed by atoms with van der Waals surface area (Å²) < 4.78 is 46.1. The van der Waals surface area contributed by atoms with E-state index in [-0.39, 0.29) is 23.5 Å². The number of alkyl halides is 3. The molecule has 0 spiro atoms. The molecule has 2 aromatic rings. The van der Waals surface area contributed by atoms with Crippen molar-refractivity contribution in [1.29, 1.82) is 0 Å². The molecule has 1 aromatic heterocycles. The SMILES string of the molecule is CC(C)c1nnc(SCC(=O)Nc2cccc(C(F)(F)F)c2)n1CC1CCCO1. The van der Waals surface area contributed by atoms with E-state index in [1.807, 2.05) is 18.4 Å². The molecule has 29 heavy (non-hydrogen) atoms. The zero-order chi connectivity index (χ0) is 21.0. The first-order valence-electron chi connectivity index (χ1n) is 9.38. The molecular weight excluding hydrogens is 405 g/mol. The minimum Gasteiger partial charge on any atom is -0.376 e. The van der Waals surface area contributed by atoms with Gasteiger partial charge in [-0.15, -0.1) is 10.2 Å². The number of nitrogens with one attached hydrogen (secondary N) is 1. The van der Waals surface area contributed by atoms with E-state index in [9.17, 15) is 18.0 Å². The molecule has 158 valence electrons. The second-order valence-corrected chi connectivity index (χ2v) is 8.10. The van der Waals surface area contributed by atoms with Crippen molar-refractivity contribution in [2.45, 2.75) is 56.6 Å². The van der Waals surface area contributed by atoms with Gasteiger partial charge >= 0.3 is 6.18 Å². The van der Waals surface area contributed by atoms with Gasteiger partial charge in [-0.2, -0.15) is 13.2 Å². The van der Waals surface area contributed by atoms with E-state index in [2.05, 4.69) is 15.5 Å². The summed E-state index contributed by atoms with van der Waals surface area (Å²) in [6.07, 6.45) is -2.37. The third-order valence-electron chi connectivity index (χ3n) is 4.48. The van der Waals surface area contributed by atoms with Crippen LogP contribution in [0.5, 0.6) is 0 Å². The number of amides is 1. The highest BCUT2D eigenvalue weighted by molar-refractivity contribution is 7.99. The van der Waals surface area contributed by atoms with Gasteiger partial charge in [0.05, 0.1) is 24.0 Å². The molecule has 10 heteroatoms. The predicted molar refractivity (Wildman–Crippen MR) is 104 cm³/mol. The monoisotopic (exact) mass is 428 g/mol. The smallest absolute Gasteiger partial charge is 0.376 e. The second-order valence-electron chi connectivity index (χ2n) is 7.16. The molecule has 1 aromatic carbocycles. The molecule has 3 rings (SSSR count). The third-order valence-corrected chi connectivity index (χ3v) is 5.44. The van der Waals surface area contributed by atoms with Gasteiger partial charge in [0.15, 0.2) is 5.16 Å². The van der Waals surface area contributed by atoms with Crippen molar-refractivity contribution >= 4 is 23.4 Å². The lowest BCUT2D eigenvalue weighted by atomic mass is 10.2. The van der Waals surface area contributed by atoms with Crippen LogP contribution in [0, 0.1) is 0 Å². The number of carbonyl (C=O) groups excluding carboxylic acids is 1. The van der Waals surface area contributed by atoms with E-state index in [1.54, 1.807) is 0 Å². The maximum atomic E-state index is 12.8. The van der Waals surface area contributed by atoms with E-state index in [0.29, 0.717) is 11.7 Å². The Bertz CT molecular complexity index is 848. The summed E-state index contributed by atoms with van der Waals surface area (Å²) in [6, 6.07) is 4.57. The van der Waals surface area contributed by atoms with Crippen LogP contribution in [0.25, 0.3) is 0 Å². The molecule has 1 aliphatic heterocycles. The van der Waals surface area contributed by atoms with Gasteiger partial charge < -0.3 is 14.6 Å². The number of nitrogens with zero attached hydrogens (tertiary/aromatic N) is 3. The lowest BCUT2D eigenvalue weighted by molar-refractivity contribution is -0.137. The van der Waals surface area contributed by atoms with Gasteiger partial charge in [-0.3, -0.25) is 4.79 Å². The largest absolute Gasteiger partial charge is 0.416 e. The van der Waals surface area contributed by atoms with Crippen LogP contribution in [0.3, 0.4) is 0 Å². The van der Waals surface area contributed by atoms with Crippen LogP contribution >= 0.6 is 11.8 Å². The Balaban J connectivity index is 1.64. The van der Waals surface area contributed by atoms with Crippen molar-refractivity contribution < 1.29 is 22.7 Å². The first-order valence-corrected chi connectivity index (χ1v) is 10.4. The lowest BCUT2D eigenvalue weighted by Crippen LogP contribution is -2.19. The molecule has 1 amide bonds. The van der Waals surface area contributed by atoms with Crippen molar-refractivity contribution in [1.82, 2.24) is 14.8 Å². The molecule has 0 bridgehead atoms. The minimum atomic E-state index is -4.46. The van der Waals surface area contributed by atoms with Crippen molar-refractivity contribution in [3.05, 3.63) is 35.7 Å². The molecule has 1 unspecified atom stereocenters. The van der Waals surface area contributed by atoms with Crippen LogP contribution in [-0.2, 0) is 22.3 Å². The van der Waals surface area contributed by atoms with Crippen LogP contribution in [0.15, 0.2) is 29.4 Å². The first kappa shape index (κ1) is 21.6. The highest BCUT2D eigenvalue weighted by Gasteiger charge is 2.30. The Hall–Kier alpha value is -2.07. The van der Waals surface area contributed by atoms with Crippen molar-refractivity contribution in [3.8, 4) is 0 Å². The second kappa shape index (κ2) is 9.17. The summed E-state index contributed by atoms with van der Waals surface area (Å²) >= 11 is 1.21. The number of anilines is 1. The quantitative estimate of drug-likeness (QED) is 0.665. The molecule has 0 saturated carbocycles.